The summed E-state index contributed by atoms with van der Waals surface area (Å²) in [5.41, 5.74) is 3.51. The van der Waals surface area contributed by atoms with Crippen molar-refractivity contribution in [1.29, 1.82) is 0 Å². The predicted molar refractivity (Wildman–Crippen MR) is 76.7 cm³/mol. The summed E-state index contributed by atoms with van der Waals surface area (Å²) < 4.78 is 0. The number of rotatable bonds is 5. The van der Waals surface area contributed by atoms with Crippen LogP contribution >= 0.6 is 11.6 Å². The van der Waals surface area contributed by atoms with Crippen LogP contribution in [0.1, 0.15) is 18.9 Å². The van der Waals surface area contributed by atoms with Gasteiger partial charge in [-0.3, -0.25) is 4.98 Å². The van der Waals surface area contributed by atoms with Crippen LogP contribution in [0.25, 0.3) is 11.1 Å². The number of aromatic nitrogens is 1. The summed E-state index contributed by atoms with van der Waals surface area (Å²) in [6.45, 7) is 4.04. The van der Waals surface area contributed by atoms with Gasteiger partial charge in [0.15, 0.2) is 0 Å². The molecule has 0 aliphatic carbocycles. The average molecular weight is 261 g/mol. The predicted octanol–water partition coefficient (Wildman–Crippen LogP) is 3.90. The third-order valence-electron chi connectivity index (χ3n) is 2.79. The van der Waals surface area contributed by atoms with Crippen molar-refractivity contribution in [1.82, 2.24) is 10.3 Å². The highest BCUT2D eigenvalue weighted by Gasteiger charge is 2.05. The number of hydrogen-bond acceptors (Lipinski definition) is 2. The van der Waals surface area contributed by atoms with Crippen molar-refractivity contribution in [2.24, 2.45) is 0 Å². The van der Waals surface area contributed by atoms with Crippen LogP contribution in [0.5, 0.6) is 0 Å². The molecule has 1 heterocycles. The highest BCUT2D eigenvalue weighted by atomic mass is 35.5. The normalized spacial score (nSPS) is 10.6. The number of halogens is 1. The lowest BCUT2D eigenvalue weighted by Gasteiger charge is -2.11. The zero-order chi connectivity index (χ0) is 12.8. The van der Waals surface area contributed by atoms with E-state index in [1.807, 2.05) is 24.4 Å². The molecule has 1 aromatic carbocycles. The molecule has 2 rings (SSSR count). The van der Waals surface area contributed by atoms with Gasteiger partial charge in [-0.25, -0.2) is 0 Å². The summed E-state index contributed by atoms with van der Waals surface area (Å²) in [5, 5.41) is 4.17. The molecule has 0 aliphatic rings. The van der Waals surface area contributed by atoms with Crippen LogP contribution in [-0.4, -0.2) is 11.5 Å². The van der Waals surface area contributed by atoms with E-state index >= 15 is 0 Å². The number of nitrogens with one attached hydrogen (secondary N) is 1. The van der Waals surface area contributed by atoms with Gasteiger partial charge < -0.3 is 5.32 Å². The fourth-order valence-corrected chi connectivity index (χ4v) is 2.07. The first-order valence-corrected chi connectivity index (χ1v) is 6.58. The van der Waals surface area contributed by atoms with Crippen LogP contribution in [-0.2, 0) is 6.54 Å². The van der Waals surface area contributed by atoms with E-state index in [1.54, 1.807) is 6.20 Å². The Bertz CT molecular complexity index is 497. The molecule has 3 heteroatoms. The van der Waals surface area contributed by atoms with Crippen molar-refractivity contribution in [3.63, 3.8) is 0 Å². The Kier molecular flexibility index (Phi) is 4.73. The maximum absolute atomic E-state index is 6.09. The van der Waals surface area contributed by atoms with E-state index in [2.05, 4.69) is 29.4 Å². The quantitative estimate of drug-likeness (QED) is 0.825. The van der Waals surface area contributed by atoms with Gasteiger partial charge in [0.05, 0.1) is 0 Å². The summed E-state index contributed by atoms with van der Waals surface area (Å²) in [5.74, 6) is 0. The van der Waals surface area contributed by atoms with E-state index in [1.165, 1.54) is 5.56 Å². The first-order valence-electron chi connectivity index (χ1n) is 6.21. The number of nitrogens with zero attached hydrogens (tertiary/aromatic N) is 1. The number of benzene rings is 1. The minimum absolute atomic E-state index is 0.757. The highest BCUT2D eigenvalue weighted by molar-refractivity contribution is 6.30. The topological polar surface area (TPSA) is 24.9 Å². The summed E-state index contributed by atoms with van der Waals surface area (Å²) in [6, 6.07) is 10.0. The molecule has 2 nitrogen and oxygen atoms in total. The standard InChI is InChI=1S/C15H17ClN2/c1-2-7-17-11-13-5-6-14(16)9-15(13)12-4-3-8-18-10-12/h3-6,8-10,17H,2,7,11H2,1H3. The molecule has 0 aliphatic heterocycles. The second-order valence-corrected chi connectivity index (χ2v) is 4.66. The summed E-state index contributed by atoms with van der Waals surface area (Å²) in [7, 11) is 0. The number of hydrogen-bond donors (Lipinski definition) is 1. The molecule has 0 saturated heterocycles. The van der Waals surface area contributed by atoms with Crippen LogP contribution < -0.4 is 5.32 Å². The van der Waals surface area contributed by atoms with Gasteiger partial charge in [0.1, 0.15) is 0 Å². The molecular formula is C15H17ClN2. The highest BCUT2D eigenvalue weighted by Crippen LogP contribution is 2.26. The first kappa shape index (κ1) is 13.1. The van der Waals surface area contributed by atoms with Crippen LogP contribution in [0.2, 0.25) is 5.02 Å². The zero-order valence-electron chi connectivity index (χ0n) is 10.5. The molecule has 0 saturated carbocycles. The SMILES string of the molecule is CCCNCc1ccc(Cl)cc1-c1cccnc1. The third-order valence-corrected chi connectivity index (χ3v) is 3.02. The minimum Gasteiger partial charge on any atom is -0.313 e. The Morgan fingerprint density at radius 2 is 2.17 bits per heavy atom. The molecule has 0 spiro atoms. The molecule has 18 heavy (non-hydrogen) atoms. The summed E-state index contributed by atoms with van der Waals surface area (Å²) >= 11 is 6.09. The Hall–Kier alpha value is -1.38. The lowest BCUT2D eigenvalue weighted by Crippen LogP contribution is -2.14. The van der Waals surface area contributed by atoms with Crippen LogP contribution in [0.15, 0.2) is 42.7 Å². The van der Waals surface area contributed by atoms with Crippen LogP contribution in [0, 0.1) is 0 Å². The first-order chi connectivity index (χ1) is 8.81. The monoisotopic (exact) mass is 260 g/mol. The Labute approximate surface area is 113 Å². The average Bonchev–Trinajstić information content (AvgIpc) is 2.41. The van der Waals surface area contributed by atoms with Gasteiger partial charge >= 0.3 is 0 Å². The fourth-order valence-electron chi connectivity index (χ4n) is 1.89. The van der Waals surface area contributed by atoms with E-state index in [9.17, 15) is 0 Å². The second-order valence-electron chi connectivity index (χ2n) is 4.22. The molecule has 1 N–H and O–H groups in total. The number of pyridine rings is 1. The molecule has 0 atom stereocenters. The molecule has 94 valence electrons. The lowest BCUT2D eigenvalue weighted by atomic mass is 10.0. The van der Waals surface area contributed by atoms with Crippen molar-refractivity contribution in [2.75, 3.05) is 6.54 Å². The van der Waals surface area contributed by atoms with E-state index in [-0.39, 0.29) is 0 Å². The van der Waals surface area contributed by atoms with Crippen LogP contribution in [0.3, 0.4) is 0 Å². The molecule has 0 fully saturated rings. The van der Waals surface area contributed by atoms with Crippen molar-refractivity contribution in [3.05, 3.63) is 53.3 Å². The molecule has 1 aromatic heterocycles. The van der Waals surface area contributed by atoms with Gasteiger partial charge in [0, 0.05) is 29.5 Å². The van der Waals surface area contributed by atoms with Gasteiger partial charge in [0.25, 0.3) is 0 Å². The van der Waals surface area contributed by atoms with Gasteiger partial charge in [-0.2, -0.15) is 0 Å². The van der Waals surface area contributed by atoms with E-state index in [4.69, 9.17) is 11.6 Å². The van der Waals surface area contributed by atoms with E-state index in [0.29, 0.717) is 0 Å². The van der Waals surface area contributed by atoms with Crippen molar-refractivity contribution < 1.29 is 0 Å². The van der Waals surface area contributed by atoms with Gasteiger partial charge in [-0.15, -0.1) is 0 Å². The molecule has 0 radical (unpaired) electrons. The van der Waals surface area contributed by atoms with Crippen molar-refractivity contribution in [2.45, 2.75) is 19.9 Å². The smallest absolute Gasteiger partial charge is 0.0412 e. The molecule has 2 aromatic rings. The van der Waals surface area contributed by atoms with Crippen molar-refractivity contribution in [3.8, 4) is 11.1 Å². The van der Waals surface area contributed by atoms with Gasteiger partial charge in [-0.1, -0.05) is 30.7 Å². The Morgan fingerprint density at radius 3 is 2.89 bits per heavy atom. The van der Waals surface area contributed by atoms with E-state index in [0.717, 1.165) is 35.7 Å². The van der Waals surface area contributed by atoms with Crippen molar-refractivity contribution >= 4 is 11.6 Å². The summed E-state index contributed by atoms with van der Waals surface area (Å²) in [6.07, 6.45) is 4.79. The second kappa shape index (κ2) is 6.53. The Morgan fingerprint density at radius 1 is 1.28 bits per heavy atom. The van der Waals surface area contributed by atoms with Gasteiger partial charge in [0.2, 0.25) is 0 Å². The maximum atomic E-state index is 6.09. The minimum atomic E-state index is 0.757. The zero-order valence-corrected chi connectivity index (χ0v) is 11.2. The Balaban J connectivity index is 2.29. The van der Waals surface area contributed by atoms with E-state index < -0.39 is 0 Å². The summed E-state index contributed by atoms with van der Waals surface area (Å²) in [4.78, 5) is 4.16. The van der Waals surface area contributed by atoms with Gasteiger partial charge in [-0.05, 0) is 42.3 Å². The fraction of sp³-hybridized carbons (Fsp3) is 0.267. The molecule has 0 unspecified atom stereocenters. The van der Waals surface area contributed by atoms with Crippen LogP contribution in [0.4, 0.5) is 0 Å². The lowest BCUT2D eigenvalue weighted by molar-refractivity contribution is 0.676. The third kappa shape index (κ3) is 3.31. The largest absolute Gasteiger partial charge is 0.313 e. The molecule has 0 amide bonds. The molecular weight excluding hydrogens is 244 g/mol. The maximum Gasteiger partial charge on any atom is 0.0412 e. The molecule has 0 bridgehead atoms.